The smallest absolute Gasteiger partial charge is 0.417 e. The maximum Gasteiger partial charge on any atom is 0.417 e. The maximum atomic E-state index is 13.0. The first-order valence-corrected chi connectivity index (χ1v) is 10.7. The predicted molar refractivity (Wildman–Crippen MR) is 112 cm³/mol. The molecule has 1 fully saturated rings. The number of furan rings is 1. The topological polar surface area (TPSA) is 49.6 Å². The summed E-state index contributed by atoms with van der Waals surface area (Å²) in [6.45, 7) is 1.85. The minimum Gasteiger partial charge on any atom is -0.459 e. The van der Waals surface area contributed by atoms with Gasteiger partial charge in [-0.05, 0) is 30.3 Å². The second kappa shape index (κ2) is 9.05. The van der Waals surface area contributed by atoms with Gasteiger partial charge in [0.1, 0.15) is 5.82 Å². The first kappa shape index (κ1) is 21.3. The lowest BCUT2D eigenvalue weighted by Gasteiger charge is -2.35. The van der Waals surface area contributed by atoms with Crippen molar-refractivity contribution in [3.8, 4) is 0 Å². The third kappa shape index (κ3) is 5.04. The summed E-state index contributed by atoms with van der Waals surface area (Å²) in [6.07, 6.45) is -2.04. The zero-order valence-electron chi connectivity index (χ0n) is 16.5. The molecule has 0 atom stereocenters. The van der Waals surface area contributed by atoms with Crippen LogP contribution in [-0.4, -0.2) is 42.0 Å². The number of aromatic nitrogens is 1. The predicted octanol–water partition coefficient (Wildman–Crippen LogP) is 4.95. The Kier molecular flexibility index (Phi) is 6.22. The van der Waals surface area contributed by atoms with Gasteiger partial charge in [-0.3, -0.25) is 4.79 Å². The fraction of sp³-hybridized carbons (Fsp3) is 0.273. The van der Waals surface area contributed by atoms with Crippen LogP contribution >= 0.6 is 11.8 Å². The summed E-state index contributed by atoms with van der Waals surface area (Å²) in [7, 11) is 0. The summed E-state index contributed by atoms with van der Waals surface area (Å²) >= 11 is 1.63. The van der Waals surface area contributed by atoms with Crippen molar-refractivity contribution in [2.45, 2.75) is 16.8 Å². The number of alkyl halides is 3. The van der Waals surface area contributed by atoms with Gasteiger partial charge in [0.2, 0.25) is 0 Å². The van der Waals surface area contributed by atoms with Gasteiger partial charge in [0.05, 0.1) is 11.8 Å². The van der Waals surface area contributed by atoms with E-state index in [4.69, 9.17) is 4.42 Å². The van der Waals surface area contributed by atoms with Crippen LogP contribution in [0.1, 0.15) is 21.7 Å². The van der Waals surface area contributed by atoms with Crippen LogP contribution in [0.25, 0.3) is 0 Å². The molecule has 31 heavy (non-hydrogen) atoms. The second-order valence-corrected chi connectivity index (χ2v) is 8.11. The molecule has 9 heteroatoms. The van der Waals surface area contributed by atoms with Crippen molar-refractivity contribution in [1.82, 2.24) is 9.88 Å². The molecule has 1 aliphatic heterocycles. The number of nitrogens with zero attached hydrogens (tertiary/aromatic N) is 3. The number of hydrogen-bond acceptors (Lipinski definition) is 5. The Balaban J connectivity index is 1.35. The molecule has 0 spiro atoms. The fourth-order valence-electron chi connectivity index (χ4n) is 3.34. The molecule has 1 aromatic carbocycles. The zero-order chi connectivity index (χ0) is 21.8. The molecule has 162 valence electrons. The molecule has 3 aromatic rings. The van der Waals surface area contributed by atoms with Crippen LogP contribution in [0.4, 0.5) is 19.0 Å². The van der Waals surface area contributed by atoms with Crippen LogP contribution in [0.5, 0.6) is 0 Å². The van der Waals surface area contributed by atoms with Crippen LogP contribution in [-0.2, 0) is 11.9 Å². The van der Waals surface area contributed by atoms with Crippen molar-refractivity contribution in [2.75, 3.05) is 31.1 Å². The highest BCUT2D eigenvalue weighted by Gasteiger charge is 2.31. The highest BCUT2D eigenvalue weighted by atomic mass is 32.2. The minimum atomic E-state index is -4.41. The molecule has 4 rings (SSSR count). The molecule has 0 radical (unpaired) electrons. The van der Waals surface area contributed by atoms with E-state index in [1.807, 2.05) is 41.3 Å². The molecule has 0 N–H and O–H groups in total. The average molecular weight is 447 g/mol. The van der Waals surface area contributed by atoms with E-state index in [0.29, 0.717) is 43.5 Å². The number of pyridine rings is 1. The van der Waals surface area contributed by atoms with Crippen molar-refractivity contribution in [1.29, 1.82) is 0 Å². The van der Waals surface area contributed by atoms with E-state index in [-0.39, 0.29) is 5.91 Å². The SMILES string of the molecule is O=C(c1occc1CSc1ccccc1)N1CCN(c2ccc(C(F)(F)F)cn2)CC1. The van der Waals surface area contributed by atoms with E-state index in [0.717, 1.165) is 22.7 Å². The third-order valence-corrected chi connectivity index (χ3v) is 6.11. The summed E-state index contributed by atoms with van der Waals surface area (Å²) in [5.41, 5.74) is 0.0643. The standard InChI is InChI=1S/C22H20F3N3O2S/c23-22(24,25)17-6-7-19(26-14-17)27-9-11-28(12-10-27)21(29)20-16(8-13-30-20)15-31-18-4-2-1-3-5-18/h1-8,13-14H,9-12,15H2. The van der Waals surface area contributed by atoms with Gasteiger partial charge in [0.15, 0.2) is 5.76 Å². The third-order valence-electron chi connectivity index (χ3n) is 5.04. The lowest BCUT2D eigenvalue weighted by molar-refractivity contribution is -0.137. The molecule has 0 saturated carbocycles. The molecule has 3 heterocycles. The Hall–Kier alpha value is -2.94. The van der Waals surface area contributed by atoms with Crippen molar-refractivity contribution in [2.24, 2.45) is 0 Å². The van der Waals surface area contributed by atoms with E-state index in [1.165, 1.54) is 12.3 Å². The van der Waals surface area contributed by atoms with Crippen LogP contribution in [0, 0.1) is 0 Å². The maximum absolute atomic E-state index is 13.0. The van der Waals surface area contributed by atoms with Crippen molar-refractivity contribution in [3.05, 3.63) is 77.9 Å². The first-order valence-electron chi connectivity index (χ1n) is 9.73. The number of piperazine rings is 1. The summed E-state index contributed by atoms with van der Waals surface area (Å²) in [5, 5.41) is 0. The minimum absolute atomic E-state index is 0.173. The van der Waals surface area contributed by atoms with E-state index in [9.17, 15) is 18.0 Å². The van der Waals surface area contributed by atoms with Crippen LogP contribution in [0.15, 0.2) is 70.3 Å². The molecule has 1 aliphatic rings. The van der Waals surface area contributed by atoms with Gasteiger partial charge in [0, 0.05) is 48.6 Å². The molecule has 1 saturated heterocycles. The molecule has 0 unspecified atom stereocenters. The molecular weight excluding hydrogens is 427 g/mol. The van der Waals surface area contributed by atoms with Crippen LogP contribution < -0.4 is 4.90 Å². The quantitative estimate of drug-likeness (QED) is 0.518. The molecule has 2 aromatic heterocycles. The van der Waals surface area contributed by atoms with Gasteiger partial charge in [-0.25, -0.2) is 4.98 Å². The largest absolute Gasteiger partial charge is 0.459 e. The summed E-state index contributed by atoms with van der Waals surface area (Å²) in [5.74, 6) is 1.26. The van der Waals surface area contributed by atoms with Gasteiger partial charge in [-0.2, -0.15) is 13.2 Å². The van der Waals surface area contributed by atoms with Crippen LogP contribution in [0.2, 0.25) is 0 Å². The first-order chi connectivity index (χ1) is 14.9. The molecular formula is C22H20F3N3O2S. The lowest BCUT2D eigenvalue weighted by atomic mass is 10.2. The number of anilines is 1. The summed E-state index contributed by atoms with van der Waals surface area (Å²) in [6, 6.07) is 14.1. The van der Waals surface area contributed by atoms with Crippen molar-refractivity contribution >= 4 is 23.5 Å². The van der Waals surface area contributed by atoms with E-state index in [1.54, 1.807) is 16.7 Å². The summed E-state index contributed by atoms with van der Waals surface area (Å²) < 4.78 is 43.6. The van der Waals surface area contributed by atoms with Gasteiger partial charge >= 0.3 is 6.18 Å². The molecule has 0 aliphatic carbocycles. The molecule has 0 bridgehead atoms. The monoisotopic (exact) mass is 447 g/mol. The number of carbonyl (C=O) groups is 1. The number of benzene rings is 1. The normalized spacial score (nSPS) is 14.7. The van der Waals surface area contributed by atoms with E-state index in [2.05, 4.69) is 4.98 Å². The number of thioether (sulfide) groups is 1. The zero-order valence-corrected chi connectivity index (χ0v) is 17.3. The van der Waals surface area contributed by atoms with E-state index >= 15 is 0 Å². The molecule has 5 nitrogen and oxygen atoms in total. The number of rotatable bonds is 5. The highest BCUT2D eigenvalue weighted by molar-refractivity contribution is 7.98. The second-order valence-electron chi connectivity index (χ2n) is 7.06. The Bertz CT molecular complexity index is 1010. The van der Waals surface area contributed by atoms with Crippen molar-refractivity contribution in [3.63, 3.8) is 0 Å². The number of amides is 1. The van der Waals surface area contributed by atoms with Crippen LogP contribution in [0.3, 0.4) is 0 Å². The Morgan fingerprint density at radius 1 is 1.03 bits per heavy atom. The summed E-state index contributed by atoms with van der Waals surface area (Å²) in [4.78, 5) is 21.6. The van der Waals surface area contributed by atoms with Gasteiger partial charge in [-0.1, -0.05) is 18.2 Å². The highest BCUT2D eigenvalue weighted by Crippen LogP contribution is 2.30. The van der Waals surface area contributed by atoms with E-state index < -0.39 is 11.7 Å². The number of halogens is 3. The lowest BCUT2D eigenvalue weighted by Crippen LogP contribution is -2.49. The van der Waals surface area contributed by atoms with Gasteiger partial charge < -0.3 is 14.2 Å². The van der Waals surface area contributed by atoms with Crippen molar-refractivity contribution < 1.29 is 22.4 Å². The Morgan fingerprint density at radius 2 is 1.77 bits per heavy atom. The molecule has 1 amide bonds. The Morgan fingerprint density at radius 3 is 2.42 bits per heavy atom. The number of hydrogen-bond donors (Lipinski definition) is 0. The Labute approximate surface area is 181 Å². The van der Waals surface area contributed by atoms with Gasteiger partial charge in [-0.15, -0.1) is 11.8 Å². The average Bonchev–Trinajstić information content (AvgIpc) is 3.26. The number of carbonyl (C=O) groups excluding carboxylic acids is 1. The van der Waals surface area contributed by atoms with Gasteiger partial charge in [0.25, 0.3) is 5.91 Å². The fourth-order valence-corrected chi connectivity index (χ4v) is 4.24.